The minimum absolute atomic E-state index is 0.131. The number of pyridine rings is 1. The summed E-state index contributed by atoms with van der Waals surface area (Å²) in [5.41, 5.74) is 18.4. The maximum atomic E-state index is 4.95. The monoisotopic (exact) mass is 688 g/mol. The highest BCUT2D eigenvalue weighted by Gasteiger charge is 2.36. The highest BCUT2D eigenvalue weighted by Crippen LogP contribution is 2.51. The van der Waals surface area contributed by atoms with Crippen molar-refractivity contribution in [3.05, 3.63) is 193 Å². The van der Waals surface area contributed by atoms with Crippen LogP contribution in [0.5, 0.6) is 0 Å². The Morgan fingerprint density at radius 3 is 1.31 bits per heavy atom. The average Bonchev–Trinajstić information content (AvgIpc) is 3.68. The molecule has 0 N–H and O–H groups in total. The molecular weight excluding hydrogens is 653 g/mol. The van der Waals surface area contributed by atoms with Crippen molar-refractivity contribution < 1.29 is 0 Å². The van der Waals surface area contributed by atoms with Crippen molar-refractivity contribution in [2.75, 3.05) is 0 Å². The van der Waals surface area contributed by atoms with Crippen LogP contribution < -0.4 is 0 Å². The minimum Gasteiger partial charge on any atom is -0.309 e. The molecule has 11 rings (SSSR count). The quantitative estimate of drug-likeness (QED) is 0.168. The lowest BCUT2D eigenvalue weighted by Crippen LogP contribution is -2.15. The van der Waals surface area contributed by atoms with Crippen molar-refractivity contribution in [3.63, 3.8) is 0 Å². The Kier molecular flexibility index (Phi) is 6.63. The molecule has 0 saturated heterocycles. The summed E-state index contributed by atoms with van der Waals surface area (Å²) in [5, 5.41) is 4.93. The first-order valence-corrected chi connectivity index (χ1v) is 18.8. The van der Waals surface area contributed by atoms with Gasteiger partial charge in [0.15, 0.2) is 0 Å². The van der Waals surface area contributed by atoms with E-state index in [2.05, 4.69) is 200 Å². The molecule has 0 bridgehead atoms. The summed E-state index contributed by atoms with van der Waals surface area (Å²) in [7, 11) is 0. The first-order valence-electron chi connectivity index (χ1n) is 18.8. The molecule has 0 spiro atoms. The van der Waals surface area contributed by atoms with E-state index in [1.54, 1.807) is 0 Å². The molecule has 254 valence electrons. The normalized spacial score (nSPS) is 13.1. The third-order valence-electron chi connectivity index (χ3n) is 11.8. The van der Waals surface area contributed by atoms with Gasteiger partial charge >= 0.3 is 0 Å². The number of fused-ring (bicyclic) bond motifs is 8. The molecule has 10 aromatic rings. The molecule has 0 saturated carbocycles. The lowest BCUT2D eigenvalue weighted by atomic mass is 9.81. The van der Waals surface area contributed by atoms with E-state index >= 15 is 0 Å². The van der Waals surface area contributed by atoms with Gasteiger partial charge in [0.1, 0.15) is 0 Å². The van der Waals surface area contributed by atoms with Crippen LogP contribution in [-0.4, -0.2) is 9.55 Å². The summed E-state index contributed by atoms with van der Waals surface area (Å²) in [6.07, 6.45) is 0. The Hall–Kier alpha value is -6.77. The third kappa shape index (κ3) is 4.56. The number of aromatic nitrogens is 2. The fourth-order valence-electron chi connectivity index (χ4n) is 9.08. The molecule has 8 aromatic carbocycles. The van der Waals surface area contributed by atoms with Crippen LogP contribution in [0.1, 0.15) is 25.0 Å². The average molecular weight is 689 g/mol. The van der Waals surface area contributed by atoms with Gasteiger partial charge in [0, 0.05) is 38.2 Å². The Balaban J connectivity index is 0.923. The van der Waals surface area contributed by atoms with Crippen LogP contribution in [0.25, 0.3) is 93.8 Å². The fraction of sp³-hybridized carbons (Fsp3) is 0.0577. The molecule has 0 fully saturated rings. The molecule has 0 atom stereocenters. The standard InChI is InChI=1S/C52H36N2/c1-52(2)45-31-36(33-19-21-35(22-20-33)51-43-13-3-7-15-47(43)53-48-16-8-4-14-44(48)51)25-29-39(45)40-30-26-37(32-46(40)52)34-23-27-38(28-24-34)54-49-17-9-5-11-41(49)42-12-6-10-18-50(42)54/h3-32H,1-2H3. The molecule has 1 aliphatic rings. The van der Waals surface area contributed by atoms with Crippen molar-refractivity contribution in [1.29, 1.82) is 0 Å². The van der Waals surface area contributed by atoms with Crippen LogP contribution in [0.4, 0.5) is 0 Å². The summed E-state index contributed by atoms with van der Waals surface area (Å²) in [5.74, 6) is 0. The number of hydrogen-bond acceptors (Lipinski definition) is 1. The zero-order chi connectivity index (χ0) is 36.0. The smallest absolute Gasteiger partial charge is 0.0715 e. The molecule has 0 radical (unpaired) electrons. The van der Waals surface area contributed by atoms with Gasteiger partial charge in [0.05, 0.1) is 22.1 Å². The van der Waals surface area contributed by atoms with Gasteiger partial charge in [-0.1, -0.05) is 147 Å². The van der Waals surface area contributed by atoms with Gasteiger partial charge in [0.25, 0.3) is 0 Å². The van der Waals surface area contributed by atoms with E-state index in [-0.39, 0.29) is 5.41 Å². The summed E-state index contributed by atoms with van der Waals surface area (Å²) in [6.45, 7) is 4.75. The first kappa shape index (κ1) is 30.8. The zero-order valence-corrected chi connectivity index (χ0v) is 30.2. The van der Waals surface area contributed by atoms with Gasteiger partial charge in [-0.2, -0.15) is 0 Å². The van der Waals surface area contributed by atoms with E-state index in [9.17, 15) is 0 Å². The van der Waals surface area contributed by atoms with Crippen LogP contribution in [0, 0.1) is 0 Å². The van der Waals surface area contributed by atoms with Crippen LogP contribution >= 0.6 is 0 Å². The number of hydrogen-bond donors (Lipinski definition) is 0. The first-order chi connectivity index (χ1) is 26.5. The Morgan fingerprint density at radius 1 is 0.389 bits per heavy atom. The molecule has 2 aromatic heterocycles. The van der Waals surface area contributed by atoms with Gasteiger partial charge < -0.3 is 4.57 Å². The molecule has 54 heavy (non-hydrogen) atoms. The van der Waals surface area contributed by atoms with Crippen molar-refractivity contribution in [2.45, 2.75) is 19.3 Å². The topological polar surface area (TPSA) is 17.8 Å². The largest absolute Gasteiger partial charge is 0.309 e. The number of rotatable bonds is 4. The molecular formula is C52H36N2. The molecule has 0 aliphatic heterocycles. The van der Waals surface area contributed by atoms with Crippen molar-refractivity contribution >= 4 is 43.6 Å². The van der Waals surface area contributed by atoms with Crippen LogP contribution in [0.2, 0.25) is 0 Å². The van der Waals surface area contributed by atoms with Crippen LogP contribution in [0.3, 0.4) is 0 Å². The van der Waals surface area contributed by atoms with Crippen molar-refractivity contribution in [2.24, 2.45) is 0 Å². The maximum Gasteiger partial charge on any atom is 0.0715 e. The van der Waals surface area contributed by atoms with Crippen LogP contribution in [-0.2, 0) is 5.41 Å². The van der Waals surface area contributed by atoms with Gasteiger partial charge in [-0.3, -0.25) is 0 Å². The number of benzene rings is 8. The second kappa shape index (κ2) is 11.6. The van der Waals surface area contributed by atoms with E-state index in [1.807, 2.05) is 0 Å². The molecule has 2 heterocycles. The molecule has 2 nitrogen and oxygen atoms in total. The Labute approximate surface area is 314 Å². The van der Waals surface area contributed by atoms with Crippen molar-refractivity contribution in [1.82, 2.24) is 9.55 Å². The summed E-state index contributed by atoms with van der Waals surface area (Å²) >= 11 is 0. The van der Waals surface area contributed by atoms with E-state index < -0.39 is 0 Å². The van der Waals surface area contributed by atoms with Crippen LogP contribution in [0.15, 0.2) is 182 Å². The highest BCUT2D eigenvalue weighted by atomic mass is 15.0. The maximum absolute atomic E-state index is 4.95. The van der Waals surface area contributed by atoms with E-state index in [4.69, 9.17) is 4.98 Å². The van der Waals surface area contributed by atoms with Gasteiger partial charge in [-0.15, -0.1) is 0 Å². The van der Waals surface area contributed by atoms with Gasteiger partial charge in [-0.05, 0) is 98.6 Å². The second-order valence-corrected chi connectivity index (χ2v) is 15.2. The van der Waals surface area contributed by atoms with E-state index in [0.717, 1.165) is 11.0 Å². The molecule has 0 unspecified atom stereocenters. The SMILES string of the molecule is CC1(C)c2cc(-c3ccc(-c4c5ccccc5nc5ccccc45)cc3)ccc2-c2ccc(-c3ccc(-n4c5ccccc5c5ccccc54)cc3)cc21. The third-order valence-corrected chi connectivity index (χ3v) is 11.8. The predicted molar refractivity (Wildman–Crippen MR) is 227 cm³/mol. The lowest BCUT2D eigenvalue weighted by molar-refractivity contribution is 0.661. The summed E-state index contributed by atoms with van der Waals surface area (Å²) < 4.78 is 2.38. The molecule has 1 aliphatic carbocycles. The molecule has 0 amide bonds. The van der Waals surface area contributed by atoms with Gasteiger partial charge in [-0.25, -0.2) is 4.98 Å². The number of nitrogens with zero attached hydrogens (tertiary/aromatic N) is 2. The second-order valence-electron chi connectivity index (χ2n) is 15.2. The Bertz CT molecular complexity index is 3000. The summed E-state index contributed by atoms with van der Waals surface area (Å²) in [4.78, 5) is 4.95. The van der Waals surface area contributed by atoms with Crippen molar-refractivity contribution in [3.8, 4) is 50.2 Å². The van der Waals surface area contributed by atoms with E-state index in [1.165, 1.54) is 93.9 Å². The fourth-order valence-corrected chi connectivity index (χ4v) is 9.08. The van der Waals surface area contributed by atoms with E-state index in [0.29, 0.717) is 0 Å². The predicted octanol–water partition coefficient (Wildman–Crippen LogP) is 13.8. The number of para-hydroxylation sites is 4. The minimum atomic E-state index is -0.131. The highest BCUT2D eigenvalue weighted by molar-refractivity contribution is 6.10. The lowest BCUT2D eigenvalue weighted by Gasteiger charge is -2.23. The Morgan fingerprint density at radius 2 is 0.796 bits per heavy atom. The van der Waals surface area contributed by atoms with Gasteiger partial charge in [0.2, 0.25) is 0 Å². The zero-order valence-electron chi connectivity index (χ0n) is 30.2. The molecule has 2 heteroatoms. The summed E-state index contributed by atoms with van der Waals surface area (Å²) in [6, 6.07) is 66.6.